The third kappa shape index (κ3) is 2.93. The summed E-state index contributed by atoms with van der Waals surface area (Å²) in [5.74, 6) is 0. The molecule has 0 spiro atoms. The number of amides is 1. The Balaban J connectivity index is 2.09. The molecule has 0 bridgehead atoms. The summed E-state index contributed by atoms with van der Waals surface area (Å²) in [6.07, 6.45) is 3.00. The number of nitrogens with zero attached hydrogens (tertiary/aromatic N) is 1. The van der Waals surface area contributed by atoms with E-state index in [-0.39, 0.29) is 11.5 Å². The van der Waals surface area contributed by atoms with Crippen LogP contribution >= 0.6 is 0 Å². The monoisotopic (exact) mass is 285 g/mol. The summed E-state index contributed by atoms with van der Waals surface area (Å²) >= 11 is 0. The highest BCUT2D eigenvalue weighted by atomic mass is 16.5. The predicted molar refractivity (Wildman–Crippen MR) is 75.9 cm³/mol. The van der Waals surface area contributed by atoms with Crippen molar-refractivity contribution in [3.05, 3.63) is 0 Å². The molecule has 116 valence electrons. The molecule has 2 saturated heterocycles. The standard InChI is InChI=1S/C15H27NO4/c1-14(2,3)15(7-4-8-16(15)13(17)18)11-20-12-5-9-19-10-6-12/h12H,4-11H2,1-3H3,(H,17,18)/t15-/m1/s1. The summed E-state index contributed by atoms with van der Waals surface area (Å²) < 4.78 is 11.4. The molecule has 2 rings (SSSR count). The molecule has 1 N–H and O–H groups in total. The summed E-state index contributed by atoms with van der Waals surface area (Å²) in [5, 5.41) is 9.50. The molecule has 1 atom stereocenters. The minimum absolute atomic E-state index is 0.132. The third-order valence-corrected chi connectivity index (χ3v) is 4.84. The van der Waals surface area contributed by atoms with Gasteiger partial charge in [-0.15, -0.1) is 0 Å². The predicted octanol–water partition coefficient (Wildman–Crippen LogP) is 2.74. The van der Waals surface area contributed by atoms with E-state index in [1.165, 1.54) is 0 Å². The molecule has 0 aromatic heterocycles. The summed E-state index contributed by atoms with van der Waals surface area (Å²) in [6, 6.07) is 0. The molecule has 0 aromatic rings. The first-order valence-corrected chi connectivity index (χ1v) is 7.57. The zero-order valence-corrected chi connectivity index (χ0v) is 12.9. The highest BCUT2D eigenvalue weighted by molar-refractivity contribution is 5.67. The van der Waals surface area contributed by atoms with Gasteiger partial charge in [0.1, 0.15) is 0 Å². The molecule has 2 fully saturated rings. The molecule has 0 aromatic carbocycles. The Bertz CT molecular complexity index is 346. The Kier molecular flexibility index (Phi) is 4.59. The lowest BCUT2D eigenvalue weighted by atomic mass is 9.72. The van der Waals surface area contributed by atoms with E-state index < -0.39 is 11.6 Å². The van der Waals surface area contributed by atoms with E-state index in [4.69, 9.17) is 9.47 Å². The van der Waals surface area contributed by atoms with Crippen molar-refractivity contribution < 1.29 is 19.4 Å². The van der Waals surface area contributed by atoms with Crippen LogP contribution in [0.2, 0.25) is 0 Å². The molecular formula is C15H27NO4. The van der Waals surface area contributed by atoms with Crippen LogP contribution in [-0.4, -0.2) is 54.1 Å². The number of carboxylic acid groups (broad SMARTS) is 1. The molecule has 0 saturated carbocycles. The van der Waals surface area contributed by atoms with Gasteiger partial charge in [0.25, 0.3) is 0 Å². The van der Waals surface area contributed by atoms with Gasteiger partial charge in [-0.2, -0.15) is 0 Å². The number of ether oxygens (including phenoxy) is 2. The minimum Gasteiger partial charge on any atom is -0.465 e. The Morgan fingerprint density at radius 3 is 2.60 bits per heavy atom. The van der Waals surface area contributed by atoms with Gasteiger partial charge in [-0.1, -0.05) is 20.8 Å². The number of carbonyl (C=O) groups is 1. The number of likely N-dealkylation sites (tertiary alicyclic amines) is 1. The molecular weight excluding hydrogens is 258 g/mol. The maximum absolute atomic E-state index is 11.6. The smallest absolute Gasteiger partial charge is 0.407 e. The van der Waals surface area contributed by atoms with E-state index in [0.717, 1.165) is 38.9 Å². The second-order valence-corrected chi connectivity index (χ2v) is 6.94. The first kappa shape index (κ1) is 15.6. The van der Waals surface area contributed by atoms with Crippen LogP contribution in [0.15, 0.2) is 0 Å². The van der Waals surface area contributed by atoms with Crippen molar-refractivity contribution >= 4 is 6.09 Å². The van der Waals surface area contributed by atoms with Gasteiger partial charge in [0.15, 0.2) is 0 Å². The van der Waals surface area contributed by atoms with E-state index in [1.807, 2.05) is 0 Å². The van der Waals surface area contributed by atoms with Crippen molar-refractivity contribution in [2.45, 2.75) is 58.1 Å². The van der Waals surface area contributed by atoms with E-state index in [1.54, 1.807) is 4.90 Å². The molecule has 2 heterocycles. The van der Waals surface area contributed by atoms with Gasteiger partial charge in [-0.05, 0) is 31.1 Å². The molecule has 5 heteroatoms. The molecule has 1 amide bonds. The maximum atomic E-state index is 11.6. The summed E-state index contributed by atoms with van der Waals surface area (Å²) in [7, 11) is 0. The fraction of sp³-hybridized carbons (Fsp3) is 0.933. The third-order valence-electron chi connectivity index (χ3n) is 4.84. The maximum Gasteiger partial charge on any atom is 0.407 e. The minimum atomic E-state index is -0.826. The normalized spacial score (nSPS) is 28.9. The fourth-order valence-corrected chi connectivity index (χ4v) is 3.40. The highest BCUT2D eigenvalue weighted by Crippen LogP contribution is 2.44. The van der Waals surface area contributed by atoms with Crippen LogP contribution < -0.4 is 0 Å². The van der Waals surface area contributed by atoms with Crippen LogP contribution in [0.25, 0.3) is 0 Å². The molecule has 5 nitrogen and oxygen atoms in total. The van der Waals surface area contributed by atoms with Gasteiger partial charge < -0.3 is 14.6 Å². The zero-order chi connectivity index (χ0) is 14.8. The van der Waals surface area contributed by atoms with Crippen LogP contribution in [0.5, 0.6) is 0 Å². The number of rotatable bonds is 3. The van der Waals surface area contributed by atoms with E-state index in [2.05, 4.69) is 20.8 Å². The molecule has 2 aliphatic rings. The lowest BCUT2D eigenvalue weighted by Gasteiger charge is -2.47. The lowest BCUT2D eigenvalue weighted by molar-refractivity contribution is -0.0917. The highest BCUT2D eigenvalue weighted by Gasteiger charge is 2.52. The SMILES string of the molecule is CC(C)(C)[C@]1(COC2CCOCC2)CCCN1C(=O)O. The largest absolute Gasteiger partial charge is 0.465 e. The Labute approximate surface area is 121 Å². The van der Waals surface area contributed by atoms with Gasteiger partial charge in [0, 0.05) is 19.8 Å². The number of hydrogen-bond donors (Lipinski definition) is 1. The first-order valence-electron chi connectivity index (χ1n) is 7.57. The van der Waals surface area contributed by atoms with E-state index in [9.17, 15) is 9.90 Å². The van der Waals surface area contributed by atoms with E-state index >= 15 is 0 Å². The molecule has 0 unspecified atom stereocenters. The van der Waals surface area contributed by atoms with Crippen molar-refractivity contribution in [1.82, 2.24) is 4.90 Å². The Morgan fingerprint density at radius 2 is 2.05 bits per heavy atom. The zero-order valence-electron chi connectivity index (χ0n) is 12.9. The summed E-state index contributed by atoms with van der Waals surface area (Å²) in [5.41, 5.74) is -0.538. The van der Waals surface area contributed by atoms with Gasteiger partial charge in [-0.25, -0.2) is 4.79 Å². The van der Waals surface area contributed by atoms with Crippen molar-refractivity contribution in [1.29, 1.82) is 0 Å². The van der Waals surface area contributed by atoms with Crippen molar-refractivity contribution in [3.8, 4) is 0 Å². The Hall–Kier alpha value is -0.810. The summed E-state index contributed by atoms with van der Waals surface area (Å²) in [6.45, 7) is 8.94. The molecule has 2 aliphatic heterocycles. The van der Waals surface area contributed by atoms with Gasteiger partial charge in [0.2, 0.25) is 0 Å². The fourth-order valence-electron chi connectivity index (χ4n) is 3.40. The topological polar surface area (TPSA) is 59.0 Å². The van der Waals surface area contributed by atoms with Crippen LogP contribution in [0.4, 0.5) is 4.79 Å². The quantitative estimate of drug-likeness (QED) is 0.866. The van der Waals surface area contributed by atoms with Crippen molar-refractivity contribution in [3.63, 3.8) is 0 Å². The molecule has 0 radical (unpaired) electrons. The average Bonchev–Trinajstić information content (AvgIpc) is 2.82. The average molecular weight is 285 g/mol. The Morgan fingerprint density at radius 1 is 1.40 bits per heavy atom. The molecule has 0 aliphatic carbocycles. The van der Waals surface area contributed by atoms with Crippen LogP contribution in [0.3, 0.4) is 0 Å². The lowest BCUT2D eigenvalue weighted by Crippen LogP contribution is -2.58. The second-order valence-electron chi connectivity index (χ2n) is 6.94. The second kappa shape index (κ2) is 5.90. The van der Waals surface area contributed by atoms with Crippen LogP contribution in [-0.2, 0) is 9.47 Å². The van der Waals surface area contributed by atoms with Gasteiger partial charge >= 0.3 is 6.09 Å². The van der Waals surface area contributed by atoms with Crippen molar-refractivity contribution in [2.75, 3.05) is 26.4 Å². The summed E-state index contributed by atoms with van der Waals surface area (Å²) in [4.78, 5) is 13.2. The number of hydrogen-bond acceptors (Lipinski definition) is 3. The first-order chi connectivity index (χ1) is 9.37. The van der Waals surface area contributed by atoms with Crippen molar-refractivity contribution in [2.24, 2.45) is 5.41 Å². The van der Waals surface area contributed by atoms with E-state index in [0.29, 0.717) is 13.2 Å². The van der Waals surface area contributed by atoms with Gasteiger partial charge in [-0.3, -0.25) is 4.90 Å². The molecule has 20 heavy (non-hydrogen) atoms. The van der Waals surface area contributed by atoms with Gasteiger partial charge in [0.05, 0.1) is 18.2 Å². The van der Waals surface area contributed by atoms with Crippen LogP contribution in [0.1, 0.15) is 46.5 Å². The van der Waals surface area contributed by atoms with Crippen LogP contribution in [0, 0.1) is 5.41 Å².